The van der Waals surface area contributed by atoms with Crippen molar-refractivity contribution in [3.05, 3.63) is 214 Å². The van der Waals surface area contributed by atoms with Crippen molar-refractivity contribution in [2.45, 2.75) is 74.3 Å². The van der Waals surface area contributed by atoms with E-state index in [9.17, 15) is 19.2 Å². The van der Waals surface area contributed by atoms with Crippen molar-refractivity contribution in [1.82, 2.24) is 15.2 Å². The summed E-state index contributed by atoms with van der Waals surface area (Å²) >= 11 is 8.72. The fourth-order valence-electron chi connectivity index (χ4n) is 8.82. The summed E-state index contributed by atoms with van der Waals surface area (Å²) in [6.07, 6.45) is 4.00. The highest BCUT2D eigenvalue weighted by atomic mass is 35.5. The van der Waals surface area contributed by atoms with E-state index in [0.29, 0.717) is 35.7 Å². The Bertz CT molecular complexity index is 2830. The third-order valence-corrected chi connectivity index (χ3v) is 14.7. The fraction of sp³-hybridized carbons (Fsp3) is 0.250. The van der Waals surface area contributed by atoms with Crippen molar-refractivity contribution < 1.29 is 33.5 Å². The van der Waals surface area contributed by atoms with Crippen LogP contribution in [0.2, 0.25) is 0 Å². The number of allylic oxidation sites excluding steroid dienone is 2. The lowest BCUT2D eigenvalue weighted by Crippen LogP contribution is -2.71. The monoisotopic (exact) mass is 1010 g/mol. The number of rotatable bonds is 17. The Hall–Kier alpha value is -7.00. The highest BCUT2D eigenvalue weighted by Crippen LogP contribution is 2.44. The molecular formula is C56H52ClN5O7S2. The van der Waals surface area contributed by atoms with Crippen molar-refractivity contribution >= 4 is 69.3 Å². The maximum absolute atomic E-state index is 14.8. The van der Waals surface area contributed by atoms with E-state index in [1.165, 1.54) is 28.0 Å². The second-order valence-corrected chi connectivity index (χ2v) is 20.6. The largest absolute Gasteiger partial charge is 0.457 e. The van der Waals surface area contributed by atoms with Gasteiger partial charge in [-0.05, 0) is 60.6 Å². The molecule has 3 aliphatic rings. The normalized spacial score (nSPS) is 17.7. The number of thiazole rings is 1. The van der Waals surface area contributed by atoms with Crippen LogP contribution in [-0.4, -0.2) is 73.6 Å². The van der Waals surface area contributed by atoms with Gasteiger partial charge in [0.2, 0.25) is 5.60 Å². The van der Waals surface area contributed by atoms with Crippen LogP contribution in [0.15, 0.2) is 186 Å². The molecule has 3 heterocycles. The van der Waals surface area contributed by atoms with E-state index < -0.39 is 58.0 Å². The standard InChI is InChI=1S/C56H52ClN5O7S2/c1-54(2,3)68-52(66)55(32-20-33-55)69-61-44(43-36-71-53(58-43)60-56(40-26-13-6-14-27-40,41-28-15-7-16-29-41)42-30-17-8-18-31-42)48(63)59-45-49(64)62-46(39(25-19-34-57)35-70-50(45)62)51(65)67-47(37-21-9-4-10-22-37)38-23-11-5-12-24-38/h4-19,21-31,36,45,47,50H,20,32-35H2,1-3H3,(H,58,60)(H,59,63)/b25-19+,61-44-. The molecule has 2 atom stereocenters. The van der Waals surface area contributed by atoms with Crippen molar-refractivity contribution in [1.29, 1.82) is 0 Å². The van der Waals surface area contributed by atoms with Gasteiger partial charge in [0, 0.05) is 29.9 Å². The zero-order valence-electron chi connectivity index (χ0n) is 39.3. The number of aromatic nitrogens is 1. The van der Waals surface area contributed by atoms with Crippen LogP contribution in [0.3, 0.4) is 0 Å². The number of amides is 2. The minimum Gasteiger partial charge on any atom is -0.457 e. The molecule has 6 aromatic rings. The van der Waals surface area contributed by atoms with Gasteiger partial charge in [-0.25, -0.2) is 14.6 Å². The van der Waals surface area contributed by atoms with Gasteiger partial charge in [-0.3, -0.25) is 14.5 Å². The van der Waals surface area contributed by atoms with E-state index in [1.54, 1.807) is 38.3 Å². The summed E-state index contributed by atoms with van der Waals surface area (Å²) in [5, 5.41) is 12.5. The molecule has 1 saturated heterocycles. The molecule has 1 aromatic heterocycles. The van der Waals surface area contributed by atoms with Gasteiger partial charge in [0.15, 0.2) is 16.9 Å². The summed E-state index contributed by atoms with van der Waals surface area (Å²) in [7, 11) is 0. The van der Waals surface area contributed by atoms with E-state index in [0.717, 1.165) is 27.8 Å². The summed E-state index contributed by atoms with van der Waals surface area (Å²) < 4.78 is 12.1. The van der Waals surface area contributed by atoms with Gasteiger partial charge in [-0.2, -0.15) is 0 Å². The number of carbonyl (C=O) groups is 4. The number of ether oxygens (including phenoxy) is 2. The highest BCUT2D eigenvalue weighted by Gasteiger charge is 2.55. The average Bonchev–Trinajstić information content (AvgIpc) is 3.84. The summed E-state index contributed by atoms with van der Waals surface area (Å²) in [6.45, 7) is 5.32. The fourth-order valence-corrected chi connectivity index (χ4v) is 11.0. The van der Waals surface area contributed by atoms with Crippen LogP contribution < -0.4 is 10.6 Å². The van der Waals surface area contributed by atoms with E-state index >= 15 is 0 Å². The van der Waals surface area contributed by atoms with Crippen LogP contribution in [-0.2, 0) is 39.0 Å². The molecule has 0 radical (unpaired) electrons. The predicted molar refractivity (Wildman–Crippen MR) is 278 cm³/mol. The molecule has 71 heavy (non-hydrogen) atoms. The SMILES string of the molecule is CC(C)(C)OC(=O)C1(O/N=C(\C(=O)NC2C(=O)N3C(C(=O)OC(c4ccccc4)c4ccccc4)=C(/C=C/CCl)CSC23)c2csc(NC(c3ccccc3)(c3ccccc3)c3ccccc3)n2)CCC1. The number of benzene rings is 5. The molecule has 362 valence electrons. The molecule has 0 bridgehead atoms. The lowest BCUT2D eigenvalue weighted by molar-refractivity contribution is -0.196. The van der Waals surface area contributed by atoms with Crippen molar-refractivity contribution in [3.63, 3.8) is 0 Å². The number of fused-ring (bicyclic) bond motifs is 1. The smallest absolute Gasteiger partial charge is 0.356 e. The summed E-state index contributed by atoms with van der Waals surface area (Å²) in [5.41, 5.74) is 1.68. The average molecular weight is 1010 g/mol. The van der Waals surface area contributed by atoms with E-state index in [4.69, 9.17) is 30.9 Å². The quantitative estimate of drug-likeness (QED) is 0.0226. The zero-order chi connectivity index (χ0) is 49.6. The molecule has 1 saturated carbocycles. The highest BCUT2D eigenvalue weighted by molar-refractivity contribution is 8.00. The molecule has 0 spiro atoms. The van der Waals surface area contributed by atoms with Gasteiger partial charge in [0.25, 0.3) is 11.8 Å². The Morgan fingerprint density at radius 1 is 0.831 bits per heavy atom. The molecule has 2 unspecified atom stereocenters. The van der Waals surface area contributed by atoms with Gasteiger partial charge in [-0.1, -0.05) is 169 Å². The number of halogens is 1. The van der Waals surface area contributed by atoms with E-state index in [-0.39, 0.29) is 23.0 Å². The first-order valence-electron chi connectivity index (χ1n) is 23.3. The molecule has 5 aromatic carbocycles. The first-order chi connectivity index (χ1) is 34.4. The number of nitrogens with one attached hydrogen (secondary N) is 2. The molecule has 9 rings (SSSR count). The third-order valence-electron chi connectivity index (χ3n) is 12.4. The van der Waals surface area contributed by atoms with Crippen LogP contribution in [0, 0.1) is 0 Å². The Kier molecular flexibility index (Phi) is 14.6. The molecule has 2 aliphatic heterocycles. The molecule has 15 heteroatoms. The number of anilines is 1. The van der Waals surface area contributed by atoms with Crippen LogP contribution >= 0.6 is 34.7 Å². The number of oxime groups is 1. The number of esters is 2. The number of carbonyl (C=O) groups excluding carboxylic acids is 4. The second kappa shape index (κ2) is 21.2. The molecular weight excluding hydrogens is 954 g/mol. The van der Waals surface area contributed by atoms with Gasteiger partial charge >= 0.3 is 11.9 Å². The first-order valence-corrected chi connectivity index (χ1v) is 25.8. The van der Waals surface area contributed by atoms with Crippen molar-refractivity contribution in [2.75, 3.05) is 16.9 Å². The minimum atomic E-state index is -1.42. The predicted octanol–water partition coefficient (Wildman–Crippen LogP) is 10.3. The number of alkyl halides is 1. The summed E-state index contributed by atoms with van der Waals surface area (Å²) in [4.78, 5) is 69.9. The molecule has 12 nitrogen and oxygen atoms in total. The number of β-lactam (4-membered cyclic amide) rings is 1. The number of hydrogen-bond donors (Lipinski definition) is 2. The van der Waals surface area contributed by atoms with Crippen LogP contribution in [0.4, 0.5) is 5.13 Å². The molecule has 2 amide bonds. The van der Waals surface area contributed by atoms with Crippen LogP contribution in [0.5, 0.6) is 0 Å². The molecule has 1 aliphatic carbocycles. The van der Waals surface area contributed by atoms with Gasteiger partial charge in [0.1, 0.15) is 33.9 Å². The number of nitrogens with zero attached hydrogens (tertiary/aromatic N) is 3. The Balaban J connectivity index is 1.04. The Morgan fingerprint density at radius 2 is 1.37 bits per heavy atom. The summed E-state index contributed by atoms with van der Waals surface area (Å²) in [5.74, 6) is -2.09. The van der Waals surface area contributed by atoms with Gasteiger partial charge in [0.05, 0.1) is 0 Å². The maximum atomic E-state index is 14.8. The second-order valence-electron chi connectivity index (χ2n) is 18.3. The van der Waals surface area contributed by atoms with Crippen LogP contribution in [0.1, 0.15) is 79.6 Å². The maximum Gasteiger partial charge on any atom is 0.356 e. The van der Waals surface area contributed by atoms with Crippen molar-refractivity contribution in [3.8, 4) is 0 Å². The van der Waals surface area contributed by atoms with Crippen molar-refractivity contribution in [2.24, 2.45) is 5.16 Å². The molecule has 2 fully saturated rings. The lowest BCUT2D eigenvalue weighted by atomic mass is 9.77. The third kappa shape index (κ3) is 10.3. The van der Waals surface area contributed by atoms with E-state index in [1.807, 2.05) is 115 Å². The van der Waals surface area contributed by atoms with Gasteiger partial charge < -0.3 is 24.9 Å². The Morgan fingerprint density at radius 3 is 1.86 bits per heavy atom. The van der Waals surface area contributed by atoms with Crippen LogP contribution in [0.25, 0.3) is 0 Å². The number of hydrogen-bond acceptors (Lipinski definition) is 12. The van der Waals surface area contributed by atoms with Gasteiger partial charge in [-0.15, -0.1) is 34.7 Å². The Labute approximate surface area is 426 Å². The summed E-state index contributed by atoms with van der Waals surface area (Å²) in [6, 6.07) is 47.8. The first kappa shape index (κ1) is 49.0. The number of thioether (sulfide) groups is 1. The lowest BCUT2D eigenvalue weighted by Gasteiger charge is -2.49. The minimum absolute atomic E-state index is 0.0675. The molecule has 2 N–H and O–H groups in total. The van der Waals surface area contributed by atoms with E-state index in [2.05, 4.69) is 52.2 Å². The zero-order valence-corrected chi connectivity index (χ0v) is 41.7. The topological polar surface area (TPSA) is 149 Å².